The lowest BCUT2D eigenvalue weighted by Crippen LogP contribution is -2.32. The van der Waals surface area contributed by atoms with E-state index in [1.54, 1.807) is 0 Å². The van der Waals surface area contributed by atoms with Crippen LogP contribution in [0.3, 0.4) is 0 Å². The molecular formula is C22H24N4. The molecule has 1 aromatic heterocycles. The minimum atomic E-state index is 0.828. The minimum absolute atomic E-state index is 0.828. The number of nitrogens with zero attached hydrogens (tertiary/aromatic N) is 4. The Hall–Kier alpha value is -2.88. The number of aryl methyl sites for hydroxylation is 1. The van der Waals surface area contributed by atoms with E-state index in [9.17, 15) is 0 Å². The highest BCUT2D eigenvalue weighted by Gasteiger charge is 2.19. The molecule has 1 aliphatic rings. The fraction of sp³-hybridized carbons (Fsp3) is 0.273. The van der Waals surface area contributed by atoms with Crippen LogP contribution in [-0.4, -0.2) is 23.6 Å². The van der Waals surface area contributed by atoms with Crippen LogP contribution in [-0.2, 0) is 19.5 Å². The molecule has 0 amide bonds. The summed E-state index contributed by atoms with van der Waals surface area (Å²) in [5, 5.41) is 0. The Labute approximate surface area is 155 Å². The van der Waals surface area contributed by atoms with Crippen molar-refractivity contribution in [3.8, 4) is 0 Å². The van der Waals surface area contributed by atoms with Crippen molar-refractivity contribution >= 4 is 11.8 Å². The quantitative estimate of drug-likeness (QED) is 0.716. The van der Waals surface area contributed by atoms with Gasteiger partial charge in [-0.15, -0.1) is 0 Å². The third kappa shape index (κ3) is 3.54. The molecule has 132 valence electrons. The third-order valence-electron chi connectivity index (χ3n) is 4.90. The number of fused-ring (bicyclic) bond motifs is 1. The van der Waals surface area contributed by atoms with Crippen molar-refractivity contribution in [2.75, 3.05) is 23.4 Å². The number of hydrogen-bond acceptors (Lipinski definition) is 4. The average molecular weight is 344 g/mol. The van der Waals surface area contributed by atoms with Crippen molar-refractivity contribution in [1.29, 1.82) is 0 Å². The molecular weight excluding hydrogens is 320 g/mol. The van der Waals surface area contributed by atoms with E-state index in [2.05, 4.69) is 71.4 Å². The fourth-order valence-electron chi connectivity index (χ4n) is 3.48. The first kappa shape index (κ1) is 16.6. The molecule has 0 N–H and O–H groups in total. The third-order valence-corrected chi connectivity index (χ3v) is 4.90. The number of anilines is 2. The first-order valence-electron chi connectivity index (χ1n) is 9.11. The molecule has 0 saturated carbocycles. The highest BCUT2D eigenvalue weighted by molar-refractivity contribution is 5.48. The van der Waals surface area contributed by atoms with E-state index >= 15 is 0 Å². The maximum atomic E-state index is 4.87. The van der Waals surface area contributed by atoms with Crippen LogP contribution in [0.15, 0.2) is 60.7 Å². The second-order valence-corrected chi connectivity index (χ2v) is 6.95. The van der Waals surface area contributed by atoms with Gasteiger partial charge in [0.15, 0.2) is 0 Å². The smallest absolute Gasteiger partial charge is 0.227 e. The topological polar surface area (TPSA) is 32.3 Å². The Morgan fingerprint density at radius 3 is 2.50 bits per heavy atom. The van der Waals surface area contributed by atoms with Gasteiger partial charge in [0.2, 0.25) is 5.95 Å². The molecule has 0 radical (unpaired) electrons. The Bertz CT molecular complexity index is 892. The highest BCUT2D eigenvalue weighted by atomic mass is 15.3. The summed E-state index contributed by atoms with van der Waals surface area (Å²) < 4.78 is 0. The predicted molar refractivity (Wildman–Crippen MR) is 107 cm³/mol. The standard InChI is InChI=1S/C22H24N4/c1-17-14-21(25(2)15-18-8-4-3-5-9-18)24-22(23-17)26-13-12-19-10-6-7-11-20(19)16-26/h3-11,14H,12-13,15-16H2,1-2H3. The van der Waals surface area contributed by atoms with Crippen LogP contribution in [0.4, 0.5) is 11.8 Å². The molecule has 26 heavy (non-hydrogen) atoms. The van der Waals surface area contributed by atoms with Crippen molar-refractivity contribution in [3.63, 3.8) is 0 Å². The van der Waals surface area contributed by atoms with Gasteiger partial charge in [-0.05, 0) is 30.0 Å². The first-order chi connectivity index (χ1) is 12.7. The second kappa shape index (κ2) is 7.16. The van der Waals surface area contributed by atoms with Gasteiger partial charge in [0.05, 0.1) is 0 Å². The van der Waals surface area contributed by atoms with E-state index in [0.29, 0.717) is 0 Å². The number of rotatable bonds is 4. The summed E-state index contributed by atoms with van der Waals surface area (Å²) >= 11 is 0. The van der Waals surface area contributed by atoms with Gasteiger partial charge in [0.1, 0.15) is 5.82 Å². The lowest BCUT2D eigenvalue weighted by molar-refractivity contribution is 0.703. The maximum Gasteiger partial charge on any atom is 0.227 e. The molecule has 0 bridgehead atoms. The minimum Gasteiger partial charge on any atom is -0.355 e. The van der Waals surface area contributed by atoms with Gasteiger partial charge in [-0.2, -0.15) is 4.98 Å². The van der Waals surface area contributed by atoms with Crippen LogP contribution in [0, 0.1) is 6.92 Å². The zero-order valence-electron chi connectivity index (χ0n) is 15.4. The Kier molecular flexibility index (Phi) is 4.57. The molecule has 2 heterocycles. The van der Waals surface area contributed by atoms with Gasteiger partial charge in [-0.1, -0.05) is 54.6 Å². The maximum absolute atomic E-state index is 4.87. The summed E-state index contributed by atoms with van der Waals surface area (Å²) in [6, 6.07) is 21.2. The van der Waals surface area contributed by atoms with Crippen LogP contribution in [0.5, 0.6) is 0 Å². The number of benzene rings is 2. The SMILES string of the molecule is Cc1cc(N(C)Cc2ccccc2)nc(N2CCc3ccccc3C2)n1. The van der Waals surface area contributed by atoms with Crippen LogP contribution in [0.1, 0.15) is 22.4 Å². The van der Waals surface area contributed by atoms with Crippen molar-refractivity contribution in [3.05, 3.63) is 83.0 Å². The zero-order chi connectivity index (χ0) is 17.9. The molecule has 4 nitrogen and oxygen atoms in total. The molecule has 0 aliphatic carbocycles. The molecule has 0 atom stereocenters. The molecule has 2 aromatic carbocycles. The largest absolute Gasteiger partial charge is 0.355 e. The zero-order valence-corrected chi connectivity index (χ0v) is 15.4. The Morgan fingerprint density at radius 2 is 1.69 bits per heavy atom. The lowest BCUT2D eigenvalue weighted by atomic mass is 10.0. The van der Waals surface area contributed by atoms with E-state index in [1.165, 1.54) is 16.7 Å². The van der Waals surface area contributed by atoms with Crippen molar-refractivity contribution in [1.82, 2.24) is 9.97 Å². The van der Waals surface area contributed by atoms with E-state index in [-0.39, 0.29) is 0 Å². The molecule has 0 unspecified atom stereocenters. The highest BCUT2D eigenvalue weighted by Crippen LogP contribution is 2.24. The molecule has 1 aliphatic heterocycles. The summed E-state index contributed by atoms with van der Waals surface area (Å²) in [4.78, 5) is 14.0. The Morgan fingerprint density at radius 1 is 0.962 bits per heavy atom. The van der Waals surface area contributed by atoms with E-state index in [4.69, 9.17) is 9.97 Å². The normalized spacial score (nSPS) is 13.4. The summed E-state index contributed by atoms with van der Waals surface area (Å²) in [5.74, 6) is 1.80. The summed E-state index contributed by atoms with van der Waals surface area (Å²) in [6.07, 6.45) is 1.04. The second-order valence-electron chi connectivity index (χ2n) is 6.95. The first-order valence-corrected chi connectivity index (χ1v) is 9.11. The van der Waals surface area contributed by atoms with Crippen molar-refractivity contribution in [2.24, 2.45) is 0 Å². The monoisotopic (exact) mass is 344 g/mol. The molecule has 0 fully saturated rings. The molecule has 4 heteroatoms. The average Bonchev–Trinajstić information content (AvgIpc) is 2.68. The van der Waals surface area contributed by atoms with Crippen LogP contribution in [0.25, 0.3) is 0 Å². The molecule has 0 spiro atoms. The summed E-state index contributed by atoms with van der Waals surface area (Å²) in [6.45, 7) is 4.71. The molecule has 0 saturated heterocycles. The number of hydrogen-bond donors (Lipinski definition) is 0. The lowest BCUT2D eigenvalue weighted by Gasteiger charge is -2.30. The van der Waals surface area contributed by atoms with Gasteiger partial charge >= 0.3 is 0 Å². The van der Waals surface area contributed by atoms with Crippen molar-refractivity contribution in [2.45, 2.75) is 26.4 Å². The van der Waals surface area contributed by atoms with E-state index in [1.807, 2.05) is 13.0 Å². The fourth-order valence-corrected chi connectivity index (χ4v) is 3.48. The van der Waals surface area contributed by atoms with Gasteiger partial charge in [-0.25, -0.2) is 4.98 Å². The van der Waals surface area contributed by atoms with Crippen LogP contribution >= 0.6 is 0 Å². The predicted octanol–water partition coefficient (Wildman–Crippen LogP) is 3.98. The summed E-state index contributed by atoms with van der Waals surface area (Å²) in [5.41, 5.74) is 5.10. The van der Waals surface area contributed by atoms with Gasteiger partial charge in [0.25, 0.3) is 0 Å². The summed E-state index contributed by atoms with van der Waals surface area (Å²) in [7, 11) is 2.09. The Balaban J connectivity index is 1.57. The number of aromatic nitrogens is 2. The van der Waals surface area contributed by atoms with Gasteiger partial charge in [-0.3, -0.25) is 0 Å². The van der Waals surface area contributed by atoms with E-state index < -0.39 is 0 Å². The van der Waals surface area contributed by atoms with Gasteiger partial charge < -0.3 is 9.80 Å². The van der Waals surface area contributed by atoms with Crippen molar-refractivity contribution < 1.29 is 0 Å². The molecule has 4 rings (SSSR count). The van der Waals surface area contributed by atoms with Crippen LogP contribution < -0.4 is 9.80 Å². The van der Waals surface area contributed by atoms with Gasteiger partial charge in [0, 0.05) is 38.4 Å². The molecule has 3 aromatic rings. The van der Waals surface area contributed by atoms with Crippen LogP contribution in [0.2, 0.25) is 0 Å². The van der Waals surface area contributed by atoms with E-state index in [0.717, 1.165) is 43.5 Å².